The van der Waals surface area contributed by atoms with Crippen LogP contribution in [0, 0.1) is 6.92 Å². The first-order chi connectivity index (χ1) is 16.8. The number of carbonyl (C=O) groups excluding carboxylic acids is 1. The van der Waals surface area contributed by atoms with Gasteiger partial charge in [-0.2, -0.15) is 0 Å². The SMILES string of the molecule is CCOc1ncc(-c2cc(C(=O)Nc3cccc(C(C)(C)O)c3)ccc2C)cc1N1CCOCC1. The second-order valence-electron chi connectivity index (χ2n) is 9.20. The number of anilines is 2. The summed E-state index contributed by atoms with van der Waals surface area (Å²) in [6.45, 7) is 10.8. The number of rotatable bonds is 7. The van der Waals surface area contributed by atoms with Crippen molar-refractivity contribution in [1.82, 2.24) is 4.98 Å². The molecular weight excluding hydrogens is 442 g/mol. The summed E-state index contributed by atoms with van der Waals surface area (Å²) in [5.41, 5.74) is 4.76. The van der Waals surface area contributed by atoms with Gasteiger partial charge in [-0.3, -0.25) is 4.79 Å². The standard InChI is InChI=1S/C28H33N3O4/c1-5-35-27-25(31-11-13-34-14-12-31)16-21(18-29-27)24-15-20(10-9-19(24)2)26(32)30-23-8-6-7-22(17-23)28(3,4)33/h6-10,15-18,33H,5,11-14H2,1-4H3,(H,30,32). The van der Waals surface area contributed by atoms with Crippen LogP contribution in [-0.4, -0.2) is 48.9 Å². The average Bonchev–Trinajstić information content (AvgIpc) is 2.85. The summed E-state index contributed by atoms with van der Waals surface area (Å²) >= 11 is 0. The van der Waals surface area contributed by atoms with E-state index in [0.29, 0.717) is 37.0 Å². The quantitative estimate of drug-likeness (QED) is 0.512. The van der Waals surface area contributed by atoms with Crippen molar-refractivity contribution in [3.8, 4) is 17.0 Å². The average molecular weight is 476 g/mol. The van der Waals surface area contributed by atoms with Gasteiger partial charge in [0.15, 0.2) is 0 Å². The molecule has 184 valence electrons. The Morgan fingerprint density at radius 1 is 1.17 bits per heavy atom. The van der Waals surface area contributed by atoms with Gasteiger partial charge >= 0.3 is 0 Å². The van der Waals surface area contributed by atoms with Crippen LogP contribution in [-0.2, 0) is 10.3 Å². The molecule has 1 aliphatic rings. The van der Waals surface area contributed by atoms with E-state index in [9.17, 15) is 9.90 Å². The van der Waals surface area contributed by atoms with Crippen LogP contribution >= 0.6 is 0 Å². The molecule has 0 saturated carbocycles. The molecule has 1 amide bonds. The Bertz CT molecular complexity index is 1200. The first-order valence-corrected chi connectivity index (χ1v) is 12.0. The van der Waals surface area contributed by atoms with Gasteiger partial charge in [0.2, 0.25) is 5.88 Å². The van der Waals surface area contributed by atoms with Crippen LogP contribution in [0.3, 0.4) is 0 Å². The van der Waals surface area contributed by atoms with Crippen LogP contribution in [0.1, 0.15) is 42.3 Å². The van der Waals surface area contributed by atoms with Crippen molar-refractivity contribution in [2.45, 2.75) is 33.3 Å². The van der Waals surface area contributed by atoms with E-state index in [1.54, 1.807) is 26.1 Å². The Hall–Kier alpha value is -3.42. The lowest BCUT2D eigenvalue weighted by molar-refractivity contribution is 0.0786. The predicted octanol–water partition coefficient (Wildman–Crippen LogP) is 4.77. The third kappa shape index (κ3) is 5.81. The summed E-state index contributed by atoms with van der Waals surface area (Å²) in [6, 6.07) is 15.0. The van der Waals surface area contributed by atoms with Crippen molar-refractivity contribution in [1.29, 1.82) is 0 Å². The first kappa shape index (κ1) is 24.7. The minimum atomic E-state index is -0.989. The smallest absolute Gasteiger partial charge is 0.255 e. The number of aliphatic hydroxyl groups is 1. The van der Waals surface area contributed by atoms with E-state index in [1.807, 2.05) is 50.2 Å². The topological polar surface area (TPSA) is 83.9 Å². The number of benzene rings is 2. The maximum absolute atomic E-state index is 13.1. The Labute approximate surface area is 206 Å². The second-order valence-corrected chi connectivity index (χ2v) is 9.20. The lowest BCUT2D eigenvalue weighted by Crippen LogP contribution is -2.36. The number of morpholine rings is 1. The number of amides is 1. The van der Waals surface area contributed by atoms with E-state index in [2.05, 4.69) is 21.3 Å². The minimum Gasteiger partial charge on any atom is -0.476 e. The molecule has 1 aromatic heterocycles. The Morgan fingerprint density at radius 2 is 1.94 bits per heavy atom. The number of aromatic nitrogens is 1. The van der Waals surface area contributed by atoms with Gasteiger partial charge in [-0.15, -0.1) is 0 Å². The predicted molar refractivity (Wildman–Crippen MR) is 138 cm³/mol. The molecule has 2 heterocycles. The summed E-state index contributed by atoms with van der Waals surface area (Å²) in [4.78, 5) is 19.9. The van der Waals surface area contributed by atoms with Gasteiger partial charge in [0.05, 0.1) is 25.4 Å². The molecule has 7 nitrogen and oxygen atoms in total. The van der Waals surface area contributed by atoms with Crippen molar-refractivity contribution in [2.75, 3.05) is 43.1 Å². The molecule has 0 bridgehead atoms. The van der Waals surface area contributed by atoms with Crippen LogP contribution < -0.4 is 15.0 Å². The maximum Gasteiger partial charge on any atom is 0.255 e. The molecule has 0 radical (unpaired) electrons. The number of pyridine rings is 1. The molecular formula is C28H33N3O4. The Morgan fingerprint density at radius 3 is 2.66 bits per heavy atom. The summed E-state index contributed by atoms with van der Waals surface area (Å²) < 4.78 is 11.3. The molecule has 2 aromatic carbocycles. The molecule has 0 unspecified atom stereocenters. The van der Waals surface area contributed by atoms with E-state index in [0.717, 1.165) is 41.0 Å². The van der Waals surface area contributed by atoms with Gasteiger partial charge in [-0.25, -0.2) is 4.98 Å². The molecule has 1 saturated heterocycles. The van der Waals surface area contributed by atoms with E-state index in [4.69, 9.17) is 9.47 Å². The lowest BCUT2D eigenvalue weighted by atomic mass is 9.97. The monoisotopic (exact) mass is 475 g/mol. The van der Waals surface area contributed by atoms with Gasteiger partial charge in [0.1, 0.15) is 5.69 Å². The summed E-state index contributed by atoms with van der Waals surface area (Å²) in [7, 11) is 0. The van der Waals surface area contributed by atoms with Crippen molar-refractivity contribution < 1.29 is 19.4 Å². The number of aryl methyl sites for hydroxylation is 1. The third-order valence-electron chi connectivity index (χ3n) is 6.10. The highest BCUT2D eigenvalue weighted by atomic mass is 16.5. The second kappa shape index (κ2) is 10.5. The lowest BCUT2D eigenvalue weighted by Gasteiger charge is -2.30. The zero-order chi connectivity index (χ0) is 25.0. The van der Waals surface area contributed by atoms with Crippen molar-refractivity contribution in [2.24, 2.45) is 0 Å². The van der Waals surface area contributed by atoms with Gasteiger partial charge in [0.25, 0.3) is 5.91 Å². The molecule has 2 N–H and O–H groups in total. The highest BCUT2D eigenvalue weighted by molar-refractivity contribution is 6.05. The highest BCUT2D eigenvalue weighted by Gasteiger charge is 2.20. The van der Waals surface area contributed by atoms with Gasteiger partial charge in [-0.1, -0.05) is 18.2 Å². The van der Waals surface area contributed by atoms with Gasteiger partial charge < -0.3 is 24.8 Å². The van der Waals surface area contributed by atoms with Gasteiger partial charge in [-0.05, 0) is 74.7 Å². The van der Waals surface area contributed by atoms with E-state index in [1.165, 1.54) is 0 Å². The molecule has 0 atom stereocenters. The van der Waals surface area contributed by atoms with E-state index in [-0.39, 0.29) is 5.91 Å². The summed E-state index contributed by atoms with van der Waals surface area (Å²) in [5.74, 6) is 0.392. The number of hydrogen-bond donors (Lipinski definition) is 2. The fourth-order valence-corrected chi connectivity index (χ4v) is 4.12. The zero-order valence-corrected chi connectivity index (χ0v) is 20.8. The minimum absolute atomic E-state index is 0.216. The number of carbonyl (C=O) groups is 1. The normalized spacial score (nSPS) is 14.0. The fraction of sp³-hybridized carbons (Fsp3) is 0.357. The van der Waals surface area contributed by atoms with Gasteiger partial charge in [0, 0.05) is 36.1 Å². The molecule has 35 heavy (non-hydrogen) atoms. The molecule has 0 aliphatic carbocycles. The van der Waals surface area contributed by atoms with Crippen molar-refractivity contribution >= 4 is 17.3 Å². The summed E-state index contributed by atoms with van der Waals surface area (Å²) in [5, 5.41) is 13.2. The Balaban J connectivity index is 1.64. The van der Waals surface area contributed by atoms with Crippen LogP contribution in [0.2, 0.25) is 0 Å². The number of ether oxygens (including phenoxy) is 2. The molecule has 1 aliphatic heterocycles. The molecule has 3 aromatic rings. The third-order valence-corrected chi connectivity index (χ3v) is 6.10. The van der Waals surface area contributed by atoms with Crippen LogP contribution in [0.15, 0.2) is 54.7 Å². The largest absolute Gasteiger partial charge is 0.476 e. The molecule has 1 fully saturated rings. The fourth-order valence-electron chi connectivity index (χ4n) is 4.12. The molecule has 0 spiro atoms. The van der Waals surface area contributed by atoms with Crippen LogP contribution in [0.5, 0.6) is 5.88 Å². The first-order valence-electron chi connectivity index (χ1n) is 12.0. The van der Waals surface area contributed by atoms with E-state index < -0.39 is 5.60 Å². The molecule has 7 heteroatoms. The van der Waals surface area contributed by atoms with Crippen LogP contribution in [0.25, 0.3) is 11.1 Å². The van der Waals surface area contributed by atoms with E-state index >= 15 is 0 Å². The zero-order valence-electron chi connectivity index (χ0n) is 20.8. The number of nitrogens with zero attached hydrogens (tertiary/aromatic N) is 2. The summed E-state index contributed by atoms with van der Waals surface area (Å²) in [6.07, 6.45) is 1.80. The number of nitrogens with one attached hydrogen (secondary N) is 1. The van der Waals surface area contributed by atoms with Crippen molar-refractivity contribution in [3.05, 3.63) is 71.4 Å². The number of hydrogen-bond acceptors (Lipinski definition) is 6. The van der Waals surface area contributed by atoms with Crippen molar-refractivity contribution in [3.63, 3.8) is 0 Å². The Kier molecular flexibility index (Phi) is 7.38. The highest BCUT2D eigenvalue weighted by Crippen LogP contribution is 2.34. The molecule has 4 rings (SSSR count). The van der Waals surface area contributed by atoms with Crippen LogP contribution in [0.4, 0.5) is 11.4 Å². The maximum atomic E-state index is 13.1.